The third-order valence-corrected chi connectivity index (χ3v) is 2.65. The molecule has 0 saturated carbocycles. The predicted molar refractivity (Wildman–Crippen MR) is 59.3 cm³/mol. The second-order valence-corrected chi connectivity index (χ2v) is 3.99. The first kappa shape index (κ1) is 11.9. The number of rotatable bonds is 4. The molecule has 1 unspecified atom stereocenters. The van der Waals surface area contributed by atoms with Crippen molar-refractivity contribution in [1.29, 1.82) is 0 Å². The number of aryl methyl sites for hydroxylation is 1. The van der Waals surface area contributed by atoms with Crippen molar-refractivity contribution in [3.63, 3.8) is 0 Å². The van der Waals surface area contributed by atoms with Crippen LogP contribution in [0.5, 0.6) is 0 Å². The summed E-state index contributed by atoms with van der Waals surface area (Å²) in [4.78, 5) is 14.3. The molecule has 0 aromatic carbocycles. The maximum absolute atomic E-state index is 10.6. The Morgan fingerprint density at radius 3 is 2.73 bits per heavy atom. The van der Waals surface area contributed by atoms with E-state index >= 15 is 0 Å². The fourth-order valence-electron chi connectivity index (χ4n) is 1.28. The second kappa shape index (κ2) is 5.07. The van der Waals surface area contributed by atoms with Gasteiger partial charge in [-0.2, -0.15) is 0 Å². The van der Waals surface area contributed by atoms with Gasteiger partial charge >= 0.3 is 0 Å². The van der Waals surface area contributed by atoms with Crippen LogP contribution in [0.1, 0.15) is 24.7 Å². The fraction of sp³-hybridized carbons (Fsp3) is 0.500. The lowest BCUT2D eigenvalue weighted by Gasteiger charge is -2.06. The van der Waals surface area contributed by atoms with Gasteiger partial charge in [-0.1, -0.05) is 6.92 Å². The van der Waals surface area contributed by atoms with Crippen LogP contribution in [0.3, 0.4) is 0 Å². The molecular weight excluding hydrogens is 216 g/mol. The molecule has 0 bridgehead atoms. The van der Waals surface area contributed by atoms with Crippen LogP contribution < -0.4 is 0 Å². The van der Waals surface area contributed by atoms with Crippen molar-refractivity contribution in [2.24, 2.45) is 0 Å². The summed E-state index contributed by atoms with van der Waals surface area (Å²) in [5.74, 6) is 0. The van der Waals surface area contributed by atoms with Crippen molar-refractivity contribution in [3.05, 3.63) is 33.6 Å². The molecule has 1 atom stereocenters. The molecule has 0 aliphatic heterocycles. The summed E-state index contributed by atoms with van der Waals surface area (Å²) in [7, 11) is 0. The third-order valence-electron chi connectivity index (χ3n) is 2.19. The lowest BCUT2D eigenvalue weighted by Crippen LogP contribution is -2.05. The van der Waals surface area contributed by atoms with Crippen molar-refractivity contribution in [2.75, 3.05) is 0 Å². The minimum absolute atomic E-state index is 0.0401. The standard InChI is InChI=1S/C10H13ClN2O2/c1-3-8(11)6-9-4-5-10(13(14)15)7(2)12-9/h4-5,8H,3,6H2,1-2H3. The molecule has 0 amide bonds. The van der Waals surface area contributed by atoms with Gasteiger partial charge < -0.3 is 0 Å². The molecule has 5 heteroatoms. The van der Waals surface area contributed by atoms with Crippen molar-refractivity contribution in [1.82, 2.24) is 4.98 Å². The molecule has 4 nitrogen and oxygen atoms in total. The van der Waals surface area contributed by atoms with Gasteiger partial charge in [0.25, 0.3) is 5.69 Å². The Hall–Kier alpha value is -1.16. The number of aromatic nitrogens is 1. The summed E-state index contributed by atoms with van der Waals surface area (Å²) < 4.78 is 0. The number of nitro groups is 1. The zero-order valence-electron chi connectivity index (χ0n) is 8.74. The molecule has 0 fully saturated rings. The maximum Gasteiger partial charge on any atom is 0.290 e. The van der Waals surface area contributed by atoms with Gasteiger partial charge in [-0.15, -0.1) is 11.6 Å². The van der Waals surface area contributed by atoms with E-state index in [0.717, 1.165) is 12.1 Å². The van der Waals surface area contributed by atoms with E-state index in [0.29, 0.717) is 12.1 Å². The molecule has 1 rings (SSSR count). The fourth-order valence-corrected chi connectivity index (χ4v) is 1.44. The number of nitrogens with zero attached hydrogens (tertiary/aromatic N) is 2. The summed E-state index contributed by atoms with van der Waals surface area (Å²) in [6.45, 7) is 3.63. The quantitative estimate of drug-likeness (QED) is 0.452. The van der Waals surface area contributed by atoms with Crippen LogP contribution >= 0.6 is 11.6 Å². The van der Waals surface area contributed by atoms with E-state index in [2.05, 4.69) is 4.98 Å². The monoisotopic (exact) mass is 228 g/mol. The van der Waals surface area contributed by atoms with E-state index in [4.69, 9.17) is 11.6 Å². The molecule has 82 valence electrons. The summed E-state index contributed by atoms with van der Waals surface area (Å²) in [5.41, 5.74) is 1.30. The number of hydrogen-bond acceptors (Lipinski definition) is 3. The Kier molecular flexibility index (Phi) is 4.03. The number of alkyl halides is 1. The van der Waals surface area contributed by atoms with Crippen LogP contribution in [0, 0.1) is 17.0 Å². The normalized spacial score (nSPS) is 12.5. The van der Waals surface area contributed by atoms with Gasteiger partial charge in [-0.05, 0) is 19.4 Å². The van der Waals surface area contributed by atoms with Crippen LogP contribution in [0.2, 0.25) is 0 Å². The lowest BCUT2D eigenvalue weighted by atomic mass is 10.1. The average Bonchev–Trinajstić information content (AvgIpc) is 2.17. The van der Waals surface area contributed by atoms with Gasteiger partial charge in [0.1, 0.15) is 5.69 Å². The topological polar surface area (TPSA) is 56.0 Å². The maximum atomic E-state index is 10.6. The number of pyridine rings is 1. The molecule has 15 heavy (non-hydrogen) atoms. The van der Waals surface area contributed by atoms with Gasteiger partial charge in [0.2, 0.25) is 0 Å². The van der Waals surface area contributed by atoms with Gasteiger partial charge in [-0.25, -0.2) is 0 Å². The summed E-state index contributed by atoms with van der Waals surface area (Å²) in [5, 5.41) is 10.6. The molecule has 0 N–H and O–H groups in total. The molecule has 1 aromatic rings. The van der Waals surface area contributed by atoms with Crippen molar-refractivity contribution in [2.45, 2.75) is 32.1 Å². The number of hydrogen-bond donors (Lipinski definition) is 0. The minimum Gasteiger partial charge on any atom is -0.258 e. The van der Waals surface area contributed by atoms with E-state index in [9.17, 15) is 10.1 Å². The van der Waals surface area contributed by atoms with E-state index in [1.54, 1.807) is 13.0 Å². The van der Waals surface area contributed by atoms with E-state index in [1.807, 2.05) is 6.92 Å². The summed E-state index contributed by atoms with van der Waals surface area (Å²) in [6, 6.07) is 3.15. The zero-order chi connectivity index (χ0) is 11.4. The highest BCUT2D eigenvalue weighted by molar-refractivity contribution is 6.20. The van der Waals surface area contributed by atoms with Gasteiger partial charge in [0, 0.05) is 23.6 Å². The summed E-state index contributed by atoms with van der Waals surface area (Å²) >= 11 is 5.98. The molecule has 0 spiro atoms. The Morgan fingerprint density at radius 2 is 2.27 bits per heavy atom. The van der Waals surface area contributed by atoms with Crippen molar-refractivity contribution < 1.29 is 4.92 Å². The van der Waals surface area contributed by atoms with Crippen LogP contribution in [-0.4, -0.2) is 15.3 Å². The van der Waals surface area contributed by atoms with Crippen LogP contribution in [-0.2, 0) is 6.42 Å². The molecule has 1 aromatic heterocycles. The van der Waals surface area contributed by atoms with Crippen LogP contribution in [0.25, 0.3) is 0 Å². The Morgan fingerprint density at radius 1 is 1.60 bits per heavy atom. The minimum atomic E-state index is -0.426. The molecule has 0 aliphatic rings. The highest BCUT2D eigenvalue weighted by Gasteiger charge is 2.12. The molecule has 0 saturated heterocycles. The van der Waals surface area contributed by atoms with E-state index in [-0.39, 0.29) is 11.1 Å². The highest BCUT2D eigenvalue weighted by Crippen LogP contribution is 2.17. The first-order valence-corrected chi connectivity index (χ1v) is 5.23. The first-order valence-electron chi connectivity index (χ1n) is 4.79. The first-order chi connectivity index (χ1) is 7.04. The second-order valence-electron chi connectivity index (χ2n) is 3.37. The van der Waals surface area contributed by atoms with Gasteiger partial charge in [0.05, 0.1) is 4.92 Å². The van der Waals surface area contributed by atoms with Gasteiger partial charge in [-0.3, -0.25) is 15.1 Å². The van der Waals surface area contributed by atoms with Crippen LogP contribution in [0.4, 0.5) is 5.69 Å². The third kappa shape index (κ3) is 3.16. The Balaban J connectivity index is 2.87. The zero-order valence-corrected chi connectivity index (χ0v) is 9.49. The summed E-state index contributed by atoms with van der Waals surface area (Å²) in [6.07, 6.45) is 1.51. The Bertz CT molecular complexity index is 368. The number of halogens is 1. The predicted octanol–water partition coefficient (Wildman–Crippen LogP) is 2.86. The van der Waals surface area contributed by atoms with Crippen LogP contribution in [0.15, 0.2) is 12.1 Å². The molecule has 1 heterocycles. The SMILES string of the molecule is CCC(Cl)Cc1ccc([N+](=O)[O-])c(C)n1. The van der Waals surface area contributed by atoms with E-state index < -0.39 is 4.92 Å². The highest BCUT2D eigenvalue weighted by atomic mass is 35.5. The molecular formula is C10H13ClN2O2. The molecule has 0 radical (unpaired) electrons. The van der Waals surface area contributed by atoms with Gasteiger partial charge in [0.15, 0.2) is 0 Å². The largest absolute Gasteiger partial charge is 0.290 e. The molecule has 0 aliphatic carbocycles. The van der Waals surface area contributed by atoms with Crippen molar-refractivity contribution in [3.8, 4) is 0 Å². The Labute approximate surface area is 93.4 Å². The average molecular weight is 229 g/mol. The van der Waals surface area contributed by atoms with Crippen molar-refractivity contribution >= 4 is 17.3 Å². The lowest BCUT2D eigenvalue weighted by molar-refractivity contribution is -0.385. The van der Waals surface area contributed by atoms with E-state index in [1.165, 1.54) is 6.07 Å². The smallest absolute Gasteiger partial charge is 0.258 e.